The number of unbranched alkanes of at least 4 members (excludes halogenated alkanes) is 1. The van der Waals surface area contributed by atoms with Crippen molar-refractivity contribution in [3.05, 3.63) is 52.3 Å². The van der Waals surface area contributed by atoms with E-state index >= 15 is 0 Å². The molecule has 0 atom stereocenters. The molecule has 3 aromatic rings. The maximum Gasteiger partial charge on any atom is 0.419 e. The summed E-state index contributed by atoms with van der Waals surface area (Å²) in [5.41, 5.74) is 0.107. The first-order valence-corrected chi connectivity index (χ1v) is 10.6. The lowest BCUT2D eigenvalue weighted by atomic mass is 10.1. The number of pyridine rings is 1. The average molecular weight is 461 g/mol. The molecule has 0 aliphatic carbocycles. The Labute approximate surface area is 186 Å². The van der Waals surface area contributed by atoms with E-state index in [2.05, 4.69) is 25.1 Å². The first kappa shape index (κ1) is 22.6. The number of nitrogens with zero attached hydrogens (tertiary/aromatic N) is 6. The van der Waals surface area contributed by atoms with Crippen molar-refractivity contribution in [3.8, 4) is 0 Å². The van der Waals surface area contributed by atoms with Gasteiger partial charge in [-0.15, -0.1) is 0 Å². The Bertz CT molecular complexity index is 1170. The van der Waals surface area contributed by atoms with E-state index in [1.165, 1.54) is 0 Å². The lowest BCUT2D eigenvalue weighted by molar-refractivity contribution is -0.138. The van der Waals surface area contributed by atoms with E-state index in [4.69, 9.17) is 0 Å². The molecule has 0 radical (unpaired) electrons. The van der Waals surface area contributed by atoms with E-state index in [1.807, 2.05) is 0 Å². The molecule has 4 heterocycles. The fraction of sp³-hybridized carbons (Fsp3) is 0.429. The third-order valence-corrected chi connectivity index (χ3v) is 5.55. The van der Waals surface area contributed by atoms with Gasteiger partial charge in [0.15, 0.2) is 0 Å². The SMILES string of the molecule is O=C(CCCCc1n[nH]c(=O)c2cccnc12)N1CCN(c2ncc(C(F)(F)F)cn2)CC1. The smallest absolute Gasteiger partial charge is 0.339 e. The minimum atomic E-state index is -4.47. The molecule has 4 rings (SSSR count). The number of alkyl halides is 3. The third-order valence-electron chi connectivity index (χ3n) is 5.55. The summed E-state index contributed by atoms with van der Waals surface area (Å²) >= 11 is 0. The van der Waals surface area contributed by atoms with Crippen molar-refractivity contribution in [2.45, 2.75) is 31.9 Å². The van der Waals surface area contributed by atoms with Crippen LogP contribution < -0.4 is 10.5 Å². The number of amides is 1. The number of carbonyl (C=O) groups excluding carboxylic acids is 1. The summed E-state index contributed by atoms with van der Waals surface area (Å²) in [6, 6.07) is 3.40. The molecule has 0 bridgehead atoms. The van der Waals surface area contributed by atoms with Crippen LogP contribution in [0.2, 0.25) is 0 Å². The molecule has 1 fully saturated rings. The topological polar surface area (TPSA) is 108 Å². The Kier molecular flexibility index (Phi) is 6.52. The van der Waals surface area contributed by atoms with Crippen LogP contribution >= 0.6 is 0 Å². The Morgan fingerprint density at radius 1 is 1.06 bits per heavy atom. The normalized spacial score (nSPS) is 14.6. The monoisotopic (exact) mass is 461 g/mol. The summed E-state index contributed by atoms with van der Waals surface area (Å²) in [7, 11) is 0. The molecule has 3 aromatic heterocycles. The van der Waals surface area contributed by atoms with Crippen molar-refractivity contribution < 1.29 is 18.0 Å². The van der Waals surface area contributed by atoms with Crippen molar-refractivity contribution in [1.29, 1.82) is 0 Å². The second-order valence-corrected chi connectivity index (χ2v) is 7.74. The molecule has 0 saturated carbocycles. The number of fused-ring (bicyclic) bond motifs is 1. The fourth-order valence-electron chi connectivity index (χ4n) is 3.74. The summed E-state index contributed by atoms with van der Waals surface area (Å²) in [6.07, 6.45) is 1.05. The lowest BCUT2D eigenvalue weighted by Gasteiger charge is -2.34. The molecule has 0 spiro atoms. The van der Waals surface area contributed by atoms with Crippen molar-refractivity contribution in [1.82, 2.24) is 30.0 Å². The predicted octanol–water partition coefficient (Wildman–Crippen LogP) is 2.19. The van der Waals surface area contributed by atoms with Gasteiger partial charge in [-0.3, -0.25) is 14.6 Å². The Morgan fingerprint density at radius 2 is 1.79 bits per heavy atom. The number of aryl methyl sites for hydroxylation is 1. The van der Waals surface area contributed by atoms with Gasteiger partial charge in [0.2, 0.25) is 11.9 Å². The van der Waals surface area contributed by atoms with Gasteiger partial charge in [0.25, 0.3) is 5.56 Å². The van der Waals surface area contributed by atoms with Crippen molar-refractivity contribution >= 4 is 22.8 Å². The minimum Gasteiger partial charge on any atom is -0.339 e. The minimum absolute atomic E-state index is 0.0281. The number of piperazine rings is 1. The van der Waals surface area contributed by atoms with Gasteiger partial charge >= 0.3 is 6.18 Å². The number of nitrogens with one attached hydrogen (secondary N) is 1. The van der Waals surface area contributed by atoms with Gasteiger partial charge in [0.1, 0.15) is 0 Å². The molecule has 1 N–H and O–H groups in total. The number of H-pyrrole nitrogens is 1. The number of carbonyl (C=O) groups is 1. The van der Waals surface area contributed by atoms with Gasteiger partial charge in [-0.2, -0.15) is 18.3 Å². The maximum atomic E-state index is 12.7. The third kappa shape index (κ3) is 5.26. The highest BCUT2D eigenvalue weighted by Crippen LogP contribution is 2.28. The van der Waals surface area contributed by atoms with E-state index in [-0.39, 0.29) is 17.4 Å². The summed E-state index contributed by atoms with van der Waals surface area (Å²) in [6.45, 7) is 1.82. The van der Waals surface area contributed by atoms with Gasteiger partial charge in [0.05, 0.1) is 22.2 Å². The zero-order valence-electron chi connectivity index (χ0n) is 17.7. The van der Waals surface area contributed by atoms with E-state index in [1.54, 1.807) is 28.1 Å². The average Bonchev–Trinajstić information content (AvgIpc) is 2.83. The highest BCUT2D eigenvalue weighted by molar-refractivity contribution is 5.79. The van der Waals surface area contributed by atoms with Gasteiger partial charge in [-0.05, 0) is 31.4 Å². The number of aromatic amines is 1. The van der Waals surface area contributed by atoms with E-state index < -0.39 is 11.7 Å². The molecule has 0 unspecified atom stereocenters. The molecule has 12 heteroatoms. The molecule has 1 amide bonds. The van der Waals surface area contributed by atoms with Crippen LogP contribution in [0.15, 0.2) is 35.5 Å². The van der Waals surface area contributed by atoms with Gasteiger partial charge in [-0.1, -0.05) is 0 Å². The predicted molar refractivity (Wildman–Crippen MR) is 114 cm³/mol. The maximum absolute atomic E-state index is 12.7. The van der Waals surface area contributed by atoms with Crippen LogP contribution in [0.4, 0.5) is 19.1 Å². The van der Waals surface area contributed by atoms with E-state index in [0.29, 0.717) is 62.0 Å². The van der Waals surface area contributed by atoms with Crippen molar-refractivity contribution in [2.75, 3.05) is 31.1 Å². The van der Waals surface area contributed by atoms with Crippen LogP contribution in [0, 0.1) is 0 Å². The first-order valence-electron chi connectivity index (χ1n) is 10.6. The Balaban J connectivity index is 1.23. The first-order chi connectivity index (χ1) is 15.8. The molecule has 0 aromatic carbocycles. The molecule has 174 valence electrons. The Hall–Kier alpha value is -3.57. The molecular weight excluding hydrogens is 439 g/mol. The number of rotatable bonds is 6. The van der Waals surface area contributed by atoms with Crippen LogP contribution in [0.25, 0.3) is 10.9 Å². The van der Waals surface area contributed by atoms with Gasteiger partial charge < -0.3 is 9.80 Å². The molecule has 1 aliphatic rings. The second-order valence-electron chi connectivity index (χ2n) is 7.74. The zero-order valence-corrected chi connectivity index (χ0v) is 17.7. The molecular formula is C21H22F3N7O2. The number of aromatic nitrogens is 5. The van der Waals surface area contributed by atoms with Crippen LogP contribution in [-0.4, -0.2) is 62.1 Å². The summed E-state index contributed by atoms with van der Waals surface area (Å²) in [5, 5.41) is 7.07. The van der Waals surface area contributed by atoms with Gasteiger partial charge in [-0.25, -0.2) is 15.1 Å². The van der Waals surface area contributed by atoms with Crippen molar-refractivity contribution in [2.24, 2.45) is 0 Å². The van der Waals surface area contributed by atoms with E-state index in [9.17, 15) is 22.8 Å². The Morgan fingerprint density at radius 3 is 2.48 bits per heavy atom. The zero-order chi connectivity index (χ0) is 23.4. The van der Waals surface area contributed by atoms with Crippen LogP contribution in [-0.2, 0) is 17.4 Å². The van der Waals surface area contributed by atoms with Gasteiger partial charge in [0, 0.05) is 51.2 Å². The van der Waals surface area contributed by atoms with Crippen LogP contribution in [0.3, 0.4) is 0 Å². The molecule has 1 saturated heterocycles. The molecule has 1 aliphatic heterocycles. The largest absolute Gasteiger partial charge is 0.419 e. The summed E-state index contributed by atoms with van der Waals surface area (Å²) in [5.74, 6) is 0.254. The highest BCUT2D eigenvalue weighted by Gasteiger charge is 2.32. The van der Waals surface area contributed by atoms with E-state index in [0.717, 1.165) is 18.8 Å². The number of anilines is 1. The summed E-state index contributed by atoms with van der Waals surface area (Å²) in [4.78, 5) is 39.8. The number of hydrogen-bond donors (Lipinski definition) is 1. The fourth-order valence-corrected chi connectivity index (χ4v) is 3.74. The molecule has 33 heavy (non-hydrogen) atoms. The quantitative estimate of drug-likeness (QED) is 0.561. The lowest BCUT2D eigenvalue weighted by Crippen LogP contribution is -2.49. The van der Waals surface area contributed by atoms with Crippen LogP contribution in [0.1, 0.15) is 30.5 Å². The van der Waals surface area contributed by atoms with Crippen LogP contribution in [0.5, 0.6) is 0 Å². The van der Waals surface area contributed by atoms with Crippen molar-refractivity contribution in [3.63, 3.8) is 0 Å². The number of hydrogen-bond acceptors (Lipinski definition) is 7. The highest BCUT2D eigenvalue weighted by atomic mass is 19.4. The number of halogens is 3. The second kappa shape index (κ2) is 9.51. The molecule has 9 nitrogen and oxygen atoms in total. The summed E-state index contributed by atoms with van der Waals surface area (Å²) < 4.78 is 38.0. The standard InChI is InChI=1S/C21H22F3N7O2/c22-21(23,24)14-12-26-20(27-13-14)31-10-8-30(9-11-31)17(32)6-2-1-5-16-18-15(4-3-7-25-18)19(33)29-28-16/h3-4,7,12-13H,1-2,5-6,8-11H2,(H,29,33).